The highest BCUT2D eigenvalue weighted by molar-refractivity contribution is 6.30. The number of fused-ring (bicyclic) bond motifs is 17. The van der Waals surface area contributed by atoms with Crippen LogP contribution in [0.4, 0.5) is 5.82 Å². The number of nitrogens with one attached hydrogen (secondary N) is 1. The molecule has 646 valence electrons. The van der Waals surface area contributed by atoms with Crippen molar-refractivity contribution in [1.82, 2.24) is 58.3 Å². The molecule has 4 amide bonds. The number of nitrogens with zero attached hydrogens (tertiary/aromatic N) is 12. The van der Waals surface area contributed by atoms with Gasteiger partial charge in [0.1, 0.15) is 58.1 Å². The maximum absolute atomic E-state index is 13.4. The topological polar surface area (TPSA) is 223 Å². The minimum atomic E-state index is -0.460. The Morgan fingerprint density at radius 1 is 0.484 bits per heavy atom. The van der Waals surface area contributed by atoms with E-state index < -0.39 is 16.8 Å². The van der Waals surface area contributed by atoms with Gasteiger partial charge >= 0.3 is 0 Å². The summed E-state index contributed by atoms with van der Waals surface area (Å²) < 4.78 is 51.7. The fraction of sp³-hybridized carbons (Fsp3) is 0.337. The van der Waals surface area contributed by atoms with Crippen LogP contribution in [0, 0.1) is 6.92 Å². The predicted octanol–water partition coefficient (Wildman–Crippen LogP) is 17.9. The number of ether oxygens (including phenoxy) is 7. The number of carbonyl (C=O) groups excluding carboxylic acids is 4. The molecule has 23 rings (SSSR count). The van der Waals surface area contributed by atoms with Crippen LogP contribution >= 0.6 is 11.6 Å². The Morgan fingerprint density at radius 2 is 0.968 bits per heavy atom. The number of benzene rings is 7. The predicted molar refractivity (Wildman–Crippen MR) is 483 cm³/mol. The second kappa shape index (κ2) is 33.8. The van der Waals surface area contributed by atoms with Gasteiger partial charge in [0.2, 0.25) is 0 Å². The first-order chi connectivity index (χ1) is 61.5. The summed E-state index contributed by atoms with van der Waals surface area (Å²) in [7, 11) is 5.57. The Hall–Kier alpha value is -13.1. The Bertz CT molecular complexity index is 6230. The van der Waals surface area contributed by atoms with Crippen LogP contribution in [0.3, 0.4) is 0 Å². The van der Waals surface area contributed by atoms with Gasteiger partial charge < -0.3 is 71.8 Å². The molecule has 6 fully saturated rings. The maximum atomic E-state index is 13.4. The summed E-state index contributed by atoms with van der Waals surface area (Å²) in [6.07, 6.45) is 23.6. The highest BCUT2D eigenvalue weighted by Gasteiger charge is 2.50. The zero-order valence-electron chi connectivity index (χ0n) is 71.4. The van der Waals surface area contributed by atoms with Gasteiger partial charge in [0.25, 0.3) is 23.6 Å². The van der Waals surface area contributed by atoms with Crippen molar-refractivity contribution in [3.8, 4) is 68.4 Å². The van der Waals surface area contributed by atoms with E-state index in [9.17, 15) is 19.2 Å². The Morgan fingerprint density at radius 3 is 1.48 bits per heavy atom. The second-order valence-electron chi connectivity index (χ2n) is 34.5. The molecule has 1 atom stereocenters. The third kappa shape index (κ3) is 15.0. The second-order valence-corrected chi connectivity index (χ2v) is 35.0. The van der Waals surface area contributed by atoms with Gasteiger partial charge in [0, 0.05) is 208 Å². The van der Waals surface area contributed by atoms with Crippen molar-refractivity contribution >= 4 is 52.0 Å². The largest absolute Gasteiger partial charge is 0.495 e. The number of rotatable bonds is 9. The standard InChI is InChI=1S/C28H30N2O4.C26H28N4O2.C25H24N4O3.C22H20ClN3O2.H2/c1-20-18-21(10-11-24(20)33-19-22-6-5-17-32-22)27(31)29-15-12-28(13-16-29)26-9-4-14-30(26)23-7-2-3-8-25(23)34-28;31-25(20-10-11-24(27-19-20)28-14-4-1-5-15-28)29-17-12-26(13-18-29)23-9-6-16-30(23)21-7-2-3-8-22(21)32-26;1-28-23-17-6-3-4-8-20(17)32-25(19(23)15-27-28)10-12-29(13-11-25)24(30)18-14-26-22-16(18)7-5-9-21(22)31-2;1-25-20-17-4-2-3-5-19(17)28-22(18(20)14-24-25)10-12-26(13-11-22)21(27)15-6-8-16(23)9-7-15;/h2-4,7-11,14,18,22H,5-6,12-13,15-17,19H2,1H3;2-3,6-11,16,19H,1,4-5,12-15,17-18H2;3-9,14-15,26H,10-13H2,1-2H3;2-9,14H,10-13H2,1H3;1H. The van der Waals surface area contributed by atoms with E-state index >= 15 is 0 Å². The van der Waals surface area contributed by atoms with Crippen molar-refractivity contribution in [1.29, 1.82) is 0 Å². The van der Waals surface area contributed by atoms with Crippen molar-refractivity contribution in [2.45, 2.75) is 119 Å². The van der Waals surface area contributed by atoms with Crippen LogP contribution in [-0.2, 0) is 41.2 Å². The van der Waals surface area contributed by atoms with E-state index in [4.69, 9.17) is 44.8 Å². The van der Waals surface area contributed by atoms with Crippen molar-refractivity contribution in [2.75, 3.05) is 90.7 Å². The summed E-state index contributed by atoms with van der Waals surface area (Å²) in [5.74, 6) is 6.30. The molecular formula is C101H104ClN13O11. The third-order valence-electron chi connectivity index (χ3n) is 27.2. The lowest BCUT2D eigenvalue weighted by Gasteiger charge is -2.45. The quantitative estimate of drug-likeness (QED) is 0.142. The van der Waals surface area contributed by atoms with Crippen LogP contribution in [0.2, 0.25) is 5.02 Å². The molecule has 0 aliphatic carbocycles. The fourth-order valence-electron chi connectivity index (χ4n) is 20.4. The van der Waals surface area contributed by atoms with Gasteiger partial charge in [-0.2, -0.15) is 10.2 Å². The fourth-order valence-corrected chi connectivity index (χ4v) is 20.5. The number of anilines is 1. The lowest BCUT2D eigenvalue weighted by Crippen LogP contribution is -2.50. The number of H-pyrrole nitrogens is 1. The van der Waals surface area contributed by atoms with E-state index in [0.29, 0.717) is 86.2 Å². The number of hydrogen-bond donors (Lipinski definition) is 1. The number of pyridine rings is 1. The van der Waals surface area contributed by atoms with E-state index in [0.717, 1.165) is 186 Å². The monoisotopic (exact) mass is 1710 g/mol. The molecule has 25 heteroatoms. The Balaban J connectivity index is 0.000000110. The van der Waals surface area contributed by atoms with E-state index in [1.54, 1.807) is 43.8 Å². The number of carbonyl (C=O) groups is 4. The van der Waals surface area contributed by atoms with E-state index in [1.807, 2.05) is 184 Å². The molecule has 126 heavy (non-hydrogen) atoms. The van der Waals surface area contributed by atoms with E-state index in [1.165, 1.54) is 30.7 Å². The third-order valence-corrected chi connectivity index (χ3v) is 27.5. The molecule has 0 saturated carbocycles. The number of aryl methyl sites for hydroxylation is 3. The summed E-state index contributed by atoms with van der Waals surface area (Å²) in [6.45, 7) is 10.6. The van der Waals surface area contributed by atoms with Crippen LogP contribution in [0.5, 0.6) is 34.5 Å². The number of aromatic nitrogens is 8. The summed E-state index contributed by atoms with van der Waals surface area (Å²) in [5, 5.41) is 10.5. The molecule has 4 spiro atoms. The van der Waals surface area contributed by atoms with Crippen LogP contribution < -0.4 is 33.3 Å². The number of halogens is 1. The minimum absolute atomic E-state index is 0. The van der Waals surface area contributed by atoms with Gasteiger partial charge in [0.05, 0.1) is 76.4 Å². The van der Waals surface area contributed by atoms with Gasteiger partial charge in [-0.05, 0) is 178 Å². The molecule has 13 aromatic rings. The van der Waals surface area contributed by atoms with Crippen molar-refractivity contribution in [2.24, 2.45) is 14.1 Å². The molecular weight excluding hydrogens is 1610 g/mol. The average molecular weight is 1710 g/mol. The lowest BCUT2D eigenvalue weighted by atomic mass is 9.81. The lowest BCUT2D eigenvalue weighted by molar-refractivity contribution is -0.00978. The summed E-state index contributed by atoms with van der Waals surface area (Å²) in [5.41, 5.74) is 13.9. The molecule has 1 unspecified atom stereocenters. The van der Waals surface area contributed by atoms with Gasteiger partial charge in [-0.25, -0.2) is 4.98 Å². The van der Waals surface area contributed by atoms with Crippen molar-refractivity contribution < 1.29 is 53.8 Å². The molecule has 6 saturated heterocycles. The van der Waals surface area contributed by atoms with Crippen LogP contribution in [0.1, 0.15) is 154 Å². The number of aromatic amines is 1. The minimum Gasteiger partial charge on any atom is -0.495 e. The molecule has 16 heterocycles. The van der Waals surface area contributed by atoms with Gasteiger partial charge in [-0.3, -0.25) is 28.5 Å². The van der Waals surface area contributed by atoms with Gasteiger partial charge in [-0.15, -0.1) is 0 Å². The van der Waals surface area contributed by atoms with Crippen molar-refractivity contribution in [3.63, 3.8) is 0 Å². The summed E-state index contributed by atoms with van der Waals surface area (Å²) >= 11 is 5.94. The first-order valence-corrected chi connectivity index (χ1v) is 44.6. The van der Waals surface area contributed by atoms with Gasteiger partial charge in [-0.1, -0.05) is 72.3 Å². The zero-order valence-corrected chi connectivity index (χ0v) is 72.2. The maximum Gasteiger partial charge on any atom is 0.256 e. The molecule has 10 aliphatic heterocycles. The molecule has 24 nitrogen and oxygen atoms in total. The first kappa shape index (κ1) is 81.3. The highest BCUT2D eigenvalue weighted by atomic mass is 35.5. The first-order valence-electron chi connectivity index (χ1n) is 44.2. The number of likely N-dealkylation sites (tertiary alicyclic amines) is 4. The van der Waals surface area contributed by atoms with Gasteiger partial charge in [0.15, 0.2) is 11.2 Å². The zero-order chi connectivity index (χ0) is 85.8. The van der Waals surface area contributed by atoms with Crippen molar-refractivity contribution in [3.05, 3.63) is 287 Å². The SMILES string of the molecule is COc1cccc2c(C(=O)N3CCC4(CC3)Oc3ccccc3-c3c4cnn3C)c[nH]c12.Cc1cc(C(=O)N2CCC3(CC2)Oc2ccccc2-n2cccc23)ccc1OCC1CCCO1.Cn1ncc2c1-c1ccccc1OC21CCN(C(=O)c2ccc(Cl)cc2)CC1.O=C(c1ccc(N2CCCCC2)nc1)N1CCC2(CC1)Oc1ccccc1-n1cccc12.[HH]. The smallest absolute Gasteiger partial charge is 0.256 e. The molecule has 6 aromatic heterocycles. The number of piperidine rings is 5. The van der Waals surface area contributed by atoms with E-state index in [2.05, 4.69) is 95.1 Å². The molecule has 10 aliphatic rings. The Labute approximate surface area is 738 Å². The normalized spacial score (nSPS) is 18.4. The summed E-state index contributed by atoms with van der Waals surface area (Å²) in [4.78, 5) is 70.6. The number of methoxy groups -OCH3 is 1. The molecule has 0 bridgehead atoms. The van der Waals surface area contributed by atoms with E-state index in [-0.39, 0.29) is 36.8 Å². The number of para-hydroxylation sites is 7. The highest BCUT2D eigenvalue weighted by Crippen LogP contribution is 2.53. The summed E-state index contributed by atoms with van der Waals surface area (Å²) in [6, 6.07) is 63.5. The van der Waals surface area contributed by atoms with Crippen LogP contribution in [-0.4, -0.2) is 174 Å². The number of hydrogen-bond acceptors (Lipinski definition) is 15. The Kier molecular flexibility index (Phi) is 21.8. The van der Waals surface area contributed by atoms with Crippen LogP contribution in [0.25, 0.3) is 44.8 Å². The molecule has 7 aromatic carbocycles. The molecule has 1 N–H and O–H groups in total. The van der Waals surface area contributed by atoms with Crippen LogP contribution in [0.15, 0.2) is 231 Å². The number of amides is 4. The molecule has 0 radical (unpaired) electrons. The average Bonchev–Trinajstić information content (AvgIpc) is 1.62.